The fourth-order valence-corrected chi connectivity index (χ4v) is 5.21. The smallest absolute Gasteiger partial charge is 0.322 e. The van der Waals surface area contributed by atoms with Crippen LogP contribution in [0.1, 0.15) is 43.5 Å². The van der Waals surface area contributed by atoms with Crippen molar-refractivity contribution in [1.82, 2.24) is 20.5 Å². The van der Waals surface area contributed by atoms with Crippen LogP contribution in [-0.2, 0) is 32.1 Å². The number of aromatic amines is 1. The number of aryl methyl sites for hydroxylation is 1. The lowest BCUT2D eigenvalue weighted by Gasteiger charge is -2.35. The predicted octanol–water partition coefficient (Wildman–Crippen LogP) is 2.41. The number of primary amides is 1. The van der Waals surface area contributed by atoms with E-state index in [1.807, 2.05) is 63.2 Å². The number of hydrogen-bond donors (Lipinski definition) is 6. The van der Waals surface area contributed by atoms with Crippen molar-refractivity contribution in [3.63, 3.8) is 0 Å². The van der Waals surface area contributed by atoms with E-state index in [4.69, 9.17) is 10.8 Å². The molecule has 0 aliphatic carbocycles. The fourth-order valence-electron chi connectivity index (χ4n) is 5.21. The van der Waals surface area contributed by atoms with Gasteiger partial charge in [-0.2, -0.15) is 0 Å². The zero-order valence-corrected chi connectivity index (χ0v) is 23.8. The molecule has 1 unspecified atom stereocenters. The van der Waals surface area contributed by atoms with Crippen LogP contribution >= 0.6 is 0 Å². The van der Waals surface area contributed by atoms with Crippen molar-refractivity contribution < 1.29 is 29.1 Å². The van der Waals surface area contributed by atoms with Crippen LogP contribution in [-0.4, -0.2) is 62.8 Å². The molecule has 0 fully saturated rings. The molecule has 12 nitrogen and oxygen atoms in total. The van der Waals surface area contributed by atoms with Crippen LogP contribution in [0.2, 0.25) is 0 Å². The average molecular weight is 577 g/mol. The van der Waals surface area contributed by atoms with E-state index in [-0.39, 0.29) is 25.3 Å². The number of para-hydroxylation sites is 1. The van der Waals surface area contributed by atoms with Gasteiger partial charge in [-0.3, -0.25) is 19.2 Å². The minimum Gasteiger partial charge on any atom is -0.481 e. The highest BCUT2D eigenvalue weighted by Gasteiger charge is 2.38. The third kappa shape index (κ3) is 7.06. The molecule has 2 aromatic carbocycles. The molecule has 4 rings (SSSR count). The van der Waals surface area contributed by atoms with Gasteiger partial charge in [0.15, 0.2) is 0 Å². The van der Waals surface area contributed by atoms with Gasteiger partial charge in [0, 0.05) is 28.7 Å². The summed E-state index contributed by atoms with van der Waals surface area (Å²) in [6.45, 7) is 5.75. The normalized spacial score (nSPS) is 15.9. The third-order valence-corrected chi connectivity index (χ3v) is 7.22. The molecular weight excluding hydrogens is 540 g/mol. The number of anilines is 1. The van der Waals surface area contributed by atoms with E-state index in [0.29, 0.717) is 5.69 Å². The van der Waals surface area contributed by atoms with Crippen LogP contribution in [0.25, 0.3) is 10.9 Å². The second kappa shape index (κ2) is 12.8. The summed E-state index contributed by atoms with van der Waals surface area (Å²) < 4.78 is 0. The van der Waals surface area contributed by atoms with Crippen LogP contribution in [0.5, 0.6) is 0 Å². The molecule has 0 bridgehead atoms. The molecule has 7 N–H and O–H groups in total. The lowest BCUT2D eigenvalue weighted by atomic mass is 9.95. The zero-order valence-electron chi connectivity index (χ0n) is 23.8. The molecule has 2 heterocycles. The summed E-state index contributed by atoms with van der Waals surface area (Å²) in [6, 6.07) is 11.0. The Bertz CT molecular complexity index is 1510. The number of carboxylic acid groups (broad SMARTS) is 1. The predicted molar refractivity (Wildman–Crippen MR) is 156 cm³/mol. The number of benzene rings is 2. The standard InChI is InChI=1S/C30H36N6O6/c1-16(2)11-23(28(40)34-22(27(31)39)14-26(37)38)35-29(41)25-13-20-19-9-4-5-10-21(19)33-24(20)15-36(25)30(42)32-18-8-6-7-17(3)12-18/h4-10,12,16,22-23,25,33H,11,13-15H2,1-3H3,(H2,31,39)(H,32,42)(H,34,40)(H,35,41)(H,37,38)/t22-,23-,25?/m0/s1. The molecule has 5 amide bonds. The number of fused-ring (bicyclic) bond motifs is 3. The second-order valence-electron chi connectivity index (χ2n) is 11.0. The van der Waals surface area contributed by atoms with Gasteiger partial charge in [-0.25, -0.2) is 4.79 Å². The molecule has 0 saturated heterocycles. The van der Waals surface area contributed by atoms with Crippen LogP contribution < -0.4 is 21.7 Å². The molecule has 0 radical (unpaired) electrons. The van der Waals surface area contributed by atoms with E-state index in [1.165, 1.54) is 4.90 Å². The summed E-state index contributed by atoms with van der Waals surface area (Å²) in [5.74, 6) is -3.64. The number of rotatable bonds is 10. The molecule has 1 aromatic heterocycles. The number of hydrogen-bond acceptors (Lipinski definition) is 5. The Kier molecular flexibility index (Phi) is 9.14. The van der Waals surface area contributed by atoms with E-state index in [1.54, 1.807) is 6.07 Å². The van der Waals surface area contributed by atoms with E-state index in [0.717, 1.165) is 27.7 Å². The first kappa shape index (κ1) is 30.1. The Hall–Kier alpha value is -4.87. The second-order valence-corrected chi connectivity index (χ2v) is 11.0. The SMILES string of the molecule is Cc1cccc(NC(=O)N2Cc3[nH]c4ccccc4c3CC2C(=O)N[C@@H](CC(C)C)C(=O)N[C@@H](CC(=O)O)C(N)=O)c1. The molecule has 222 valence electrons. The number of carbonyl (C=O) groups is 5. The monoisotopic (exact) mass is 576 g/mol. The Morgan fingerprint density at radius 2 is 1.79 bits per heavy atom. The molecule has 12 heteroatoms. The van der Waals surface area contributed by atoms with Gasteiger partial charge in [0.2, 0.25) is 17.7 Å². The zero-order chi connectivity index (χ0) is 30.6. The fraction of sp³-hybridized carbons (Fsp3) is 0.367. The van der Waals surface area contributed by atoms with Crippen LogP contribution in [0.3, 0.4) is 0 Å². The summed E-state index contributed by atoms with van der Waals surface area (Å²) in [4.78, 5) is 68.4. The minimum atomic E-state index is -1.44. The highest BCUT2D eigenvalue weighted by Crippen LogP contribution is 2.31. The molecule has 1 aliphatic heterocycles. The summed E-state index contributed by atoms with van der Waals surface area (Å²) in [6.07, 6.45) is -0.287. The Morgan fingerprint density at radius 1 is 1.05 bits per heavy atom. The summed E-state index contributed by atoms with van der Waals surface area (Å²) in [5, 5.41) is 18.1. The topological polar surface area (TPSA) is 187 Å². The maximum absolute atomic E-state index is 13.9. The Balaban J connectivity index is 1.62. The number of H-pyrrole nitrogens is 1. The van der Waals surface area contributed by atoms with Crippen molar-refractivity contribution in [3.05, 3.63) is 65.4 Å². The molecular formula is C30H36N6O6. The van der Waals surface area contributed by atoms with E-state index < -0.39 is 54.3 Å². The highest BCUT2D eigenvalue weighted by atomic mass is 16.4. The maximum Gasteiger partial charge on any atom is 0.322 e. The van der Waals surface area contributed by atoms with Gasteiger partial charge in [-0.15, -0.1) is 0 Å². The molecule has 0 saturated carbocycles. The third-order valence-electron chi connectivity index (χ3n) is 7.22. The first-order valence-electron chi connectivity index (χ1n) is 13.8. The van der Waals surface area contributed by atoms with Gasteiger partial charge in [0.25, 0.3) is 0 Å². The number of urea groups is 1. The van der Waals surface area contributed by atoms with Crippen LogP contribution in [0.15, 0.2) is 48.5 Å². The van der Waals surface area contributed by atoms with Gasteiger partial charge >= 0.3 is 12.0 Å². The number of nitrogens with zero attached hydrogens (tertiary/aromatic N) is 1. The largest absolute Gasteiger partial charge is 0.481 e. The molecule has 0 spiro atoms. The van der Waals surface area contributed by atoms with Crippen molar-refractivity contribution in [2.45, 2.75) is 64.7 Å². The van der Waals surface area contributed by atoms with Crippen LogP contribution in [0, 0.1) is 12.8 Å². The number of amides is 5. The van der Waals surface area contributed by atoms with Crippen molar-refractivity contribution in [1.29, 1.82) is 0 Å². The summed E-state index contributed by atoms with van der Waals surface area (Å²) in [7, 11) is 0. The maximum atomic E-state index is 13.9. The van der Waals surface area contributed by atoms with Crippen LogP contribution in [0.4, 0.5) is 10.5 Å². The minimum absolute atomic E-state index is 0.0418. The van der Waals surface area contributed by atoms with Gasteiger partial charge in [0.1, 0.15) is 18.1 Å². The number of nitrogens with two attached hydrogens (primary N) is 1. The van der Waals surface area contributed by atoms with Gasteiger partial charge in [-0.05, 0) is 48.6 Å². The summed E-state index contributed by atoms with van der Waals surface area (Å²) >= 11 is 0. The molecule has 3 atom stereocenters. The van der Waals surface area contributed by atoms with Crippen molar-refractivity contribution in [3.8, 4) is 0 Å². The van der Waals surface area contributed by atoms with E-state index in [2.05, 4.69) is 20.9 Å². The molecule has 3 aromatic rings. The number of nitrogens with one attached hydrogen (secondary N) is 4. The van der Waals surface area contributed by atoms with Gasteiger partial charge < -0.3 is 36.7 Å². The average Bonchev–Trinajstić information content (AvgIpc) is 3.28. The van der Waals surface area contributed by atoms with Crippen molar-refractivity contribution in [2.75, 3.05) is 5.32 Å². The van der Waals surface area contributed by atoms with Gasteiger partial charge in [-0.1, -0.05) is 44.2 Å². The molecule has 1 aliphatic rings. The lowest BCUT2D eigenvalue weighted by molar-refractivity contribution is -0.140. The van der Waals surface area contributed by atoms with Gasteiger partial charge in [0.05, 0.1) is 13.0 Å². The number of carbonyl (C=O) groups excluding carboxylic acids is 4. The number of aromatic nitrogens is 1. The quantitative estimate of drug-likeness (QED) is 0.215. The number of carboxylic acids is 1. The van der Waals surface area contributed by atoms with Crippen molar-refractivity contribution in [2.24, 2.45) is 11.7 Å². The van der Waals surface area contributed by atoms with E-state index in [9.17, 15) is 24.0 Å². The Labute approximate surface area is 243 Å². The first-order valence-corrected chi connectivity index (χ1v) is 13.8. The number of aliphatic carboxylic acids is 1. The first-order chi connectivity index (χ1) is 19.9. The Morgan fingerprint density at radius 3 is 2.45 bits per heavy atom. The highest BCUT2D eigenvalue weighted by molar-refractivity contribution is 5.98. The lowest BCUT2D eigenvalue weighted by Crippen LogP contribution is -2.59. The van der Waals surface area contributed by atoms with E-state index >= 15 is 0 Å². The van der Waals surface area contributed by atoms with Crippen molar-refractivity contribution >= 4 is 46.3 Å². The summed E-state index contributed by atoms with van der Waals surface area (Å²) in [5.41, 5.74) is 9.44. The molecule has 42 heavy (non-hydrogen) atoms.